The highest BCUT2D eigenvalue weighted by atomic mass is 32.2. The number of carbonyl (C=O) groups is 1. The molecule has 3 rings (SSSR count). The van der Waals surface area contributed by atoms with Gasteiger partial charge in [0.05, 0.1) is 17.6 Å². The number of hydrogen-bond acceptors (Lipinski definition) is 3. The van der Waals surface area contributed by atoms with Crippen LogP contribution in [0.5, 0.6) is 0 Å². The SMILES string of the molecule is C=C(C(N)=O)C1=CC=C2N=Cc3cccn3C=C2C1S(=O)O. The number of nitrogens with two attached hydrogens (primary N) is 1. The molecule has 0 aromatic carbocycles. The molecule has 6 nitrogen and oxygen atoms in total. The fourth-order valence-electron chi connectivity index (χ4n) is 2.44. The molecule has 0 saturated carbocycles. The number of fused-ring (bicyclic) bond motifs is 2. The van der Waals surface area contributed by atoms with Gasteiger partial charge in [0.15, 0.2) is 11.1 Å². The van der Waals surface area contributed by atoms with Gasteiger partial charge in [0.25, 0.3) is 0 Å². The lowest BCUT2D eigenvalue weighted by atomic mass is 9.92. The maximum Gasteiger partial charge on any atom is 0.248 e. The molecule has 0 saturated heterocycles. The molecule has 0 bridgehead atoms. The van der Waals surface area contributed by atoms with Crippen molar-refractivity contribution >= 4 is 29.4 Å². The molecule has 112 valence electrons. The largest absolute Gasteiger partial charge is 0.366 e. The molecule has 0 fully saturated rings. The number of aromatic nitrogens is 1. The number of nitrogens with zero attached hydrogens (tertiary/aromatic N) is 2. The van der Waals surface area contributed by atoms with E-state index in [4.69, 9.17) is 5.73 Å². The summed E-state index contributed by atoms with van der Waals surface area (Å²) in [4.78, 5) is 15.7. The van der Waals surface area contributed by atoms with Crippen molar-refractivity contribution in [1.29, 1.82) is 0 Å². The fraction of sp³-hybridized carbons (Fsp3) is 0.0667. The summed E-state index contributed by atoms with van der Waals surface area (Å²) >= 11 is -2.24. The van der Waals surface area contributed by atoms with Crippen molar-refractivity contribution in [3.63, 3.8) is 0 Å². The molecule has 1 amide bonds. The number of allylic oxidation sites excluding steroid dienone is 3. The van der Waals surface area contributed by atoms with E-state index in [0.717, 1.165) is 5.69 Å². The van der Waals surface area contributed by atoms with E-state index in [1.54, 1.807) is 29.1 Å². The lowest BCUT2D eigenvalue weighted by Gasteiger charge is -2.24. The highest BCUT2D eigenvalue weighted by Crippen LogP contribution is 2.34. The van der Waals surface area contributed by atoms with Crippen LogP contribution in [0.1, 0.15) is 5.69 Å². The number of aliphatic imine (C=N–C) groups is 1. The van der Waals surface area contributed by atoms with E-state index < -0.39 is 22.2 Å². The first-order chi connectivity index (χ1) is 10.5. The molecule has 1 aromatic heterocycles. The molecule has 0 spiro atoms. The van der Waals surface area contributed by atoms with Gasteiger partial charge in [-0.15, -0.1) is 0 Å². The van der Waals surface area contributed by atoms with Gasteiger partial charge >= 0.3 is 0 Å². The van der Waals surface area contributed by atoms with Crippen LogP contribution < -0.4 is 5.73 Å². The maximum atomic E-state index is 11.9. The van der Waals surface area contributed by atoms with Crippen molar-refractivity contribution < 1.29 is 13.6 Å². The van der Waals surface area contributed by atoms with E-state index in [1.807, 2.05) is 18.3 Å². The van der Waals surface area contributed by atoms with Gasteiger partial charge < -0.3 is 14.9 Å². The Morgan fingerprint density at radius 3 is 2.91 bits per heavy atom. The van der Waals surface area contributed by atoms with Crippen LogP contribution in [0.15, 0.2) is 64.5 Å². The molecule has 1 aromatic rings. The molecule has 2 aliphatic rings. The van der Waals surface area contributed by atoms with Crippen molar-refractivity contribution in [2.45, 2.75) is 5.25 Å². The lowest BCUT2D eigenvalue weighted by Crippen LogP contribution is -2.28. The van der Waals surface area contributed by atoms with E-state index in [9.17, 15) is 13.6 Å². The molecule has 1 aliphatic heterocycles. The second-order valence-corrected chi connectivity index (χ2v) is 5.88. The number of rotatable bonds is 3. The van der Waals surface area contributed by atoms with E-state index >= 15 is 0 Å². The van der Waals surface area contributed by atoms with Crippen LogP contribution in [0.25, 0.3) is 6.20 Å². The first-order valence-corrected chi connectivity index (χ1v) is 7.59. The highest BCUT2D eigenvalue weighted by Gasteiger charge is 2.33. The van der Waals surface area contributed by atoms with Crippen molar-refractivity contribution in [3.05, 3.63) is 65.2 Å². The summed E-state index contributed by atoms with van der Waals surface area (Å²) in [6.07, 6.45) is 8.47. The third kappa shape index (κ3) is 2.30. The predicted octanol–water partition coefficient (Wildman–Crippen LogP) is 1.22. The number of amides is 1. The van der Waals surface area contributed by atoms with Gasteiger partial charge in [0, 0.05) is 23.5 Å². The second-order valence-electron chi connectivity index (χ2n) is 4.86. The Kier molecular flexibility index (Phi) is 3.51. The van der Waals surface area contributed by atoms with Gasteiger partial charge in [-0.3, -0.25) is 9.79 Å². The fourth-order valence-corrected chi connectivity index (χ4v) is 3.28. The minimum Gasteiger partial charge on any atom is -0.366 e. The molecule has 0 radical (unpaired) electrons. The topological polar surface area (TPSA) is 97.7 Å². The Morgan fingerprint density at radius 2 is 2.23 bits per heavy atom. The third-order valence-corrected chi connectivity index (χ3v) is 4.47. The molecule has 3 N–H and O–H groups in total. The van der Waals surface area contributed by atoms with Gasteiger partial charge in [-0.05, 0) is 23.8 Å². The minimum absolute atomic E-state index is 0.0181. The smallest absolute Gasteiger partial charge is 0.248 e. The zero-order chi connectivity index (χ0) is 15.9. The summed E-state index contributed by atoms with van der Waals surface area (Å²) in [7, 11) is 0. The summed E-state index contributed by atoms with van der Waals surface area (Å²) in [6, 6.07) is 3.72. The van der Waals surface area contributed by atoms with E-state index in [1.165, 1.54) is 0 Å². The Labute approximate surface area is 129 Å². The van der Waals surface area contributed by atoms with Crippen molar-refractivity contribution in [3.8, 4) is 0 Å². The van der Waals surface area contributed by atoms with E-state index in [0.29, 0.717) is 16.8 Å². The summed E-state index contributed by atoms with van der Waals surface area (Å²) < 4.78 is 23.4. The summed E-state index contributed by atoms with van der Waals surface area (Å²) in [5.41, 5.74) is 7.55. The van der Waals surface area contributed by atoms with Crippen LogP contribution in [0.3, 0.4) is 0 Å². The zero-order valence-electron chi connectivity index (χ0n) is 11.5. The Balaban J connectivity index is 2.18. The van der Waals surface area contributed by atoms with Gasteiger partial charge in [-0.25, -0.2) is 4.21 Å². The van der Waals surface area contributed by atoms with Gasteiger partial charge in [-0.2, -0.15) is 0 Å². The Morgan fingerprint density at radius 1 is 1.45 bits per heavy atom. The van der Waals surface area contributed by atoms with Crippen LogP contribution >= 0.6 is 0 Å². The third-order valence-electron chi connectivity index (χ3n) is 3.55. The van der Waals surface area contributed by atoms with Crippen LogP contribution in [0.4, 0.5) is 0 Å². The van der Waals surface area contributed by atoms with Crippen molar-refractivity contribution in [2.24, 2.45) is 10.7 Å². The zero-order valence-corrected chi connectivity index (χ0v) is 12.3. The van der Waals surface area contributed by atoms with E-state index in [-0.39, 0.29) is 5.57 Å². The number of carbonyl (C=O) groups excluding carboxylic acids is 1. The lowest BCUT2D eigenvalue weighted by molar-refractivity contribution is -0.114. The minimum atomic E-state index is -2.24. The molecular formula is C15H13N3O3S. The standard InChI is InChI=1S/C15H13N3O3S/c1-9(15(16)19)11-4-5-13-12(14(11)22(20)21)8-18-6-2-3-10(18)7-17-13/h2-8,14H,1H2,(H2,16,19)(H,20,21). The molecule has 22 heavy (non-hydrogen) atoms. The summed E-state index contributed by atoms with van der Waals surface area (Å²) in [5, 5.41) is -0.925. The second kappa shape index (κ2) is 5.36. The highest BCUT2D eigenvalue weighted by molar-refractivity contribution is 7.80. The van der Waals surface area contributed by atoms with Crippen molar-refractivity contribution in [2.75, 3.05) is 0 Å². The first kappa shape index (κ1) is 14.4. The normalized spacial score (nSPS) is 20.8. The maximum absolute atomic E-state index is 11.9. The molecule has 7 heteroatoms. The van der Waals surface area contributed by atoms with Crippen LogP contribution in [-0.2, 0) is 15.9 Å². The summed E-state index contributed by atoms with van der Waals surface area (Å²) in [5.74, 6) is -0.724. The van der Waals surface area contributed by atoms with Crippen molar-refractivity contribution in [1.82, 2.24) is 4.57 Å². The van der Waals surface area contributed by atoms with Gasteiger partial charge in [-0.1, -0.05) is 12.7 Å². The number of primary amides is 1. The average Bonchev–Trinajstić information content (AvgIpc) is 2.84. The van der Waals surface area contributed by atoms with Crippen LogP contribution in [0, 0.1) is 0 Å². The molecule has 2 heterocycles. The number of hydrogen-bond donors (Lipinski definition) is 2. The van der Waals surface area contributed by atoms with Crippen LogP contribution in [-0.4, -0.2) is 30.7 Å². The van der Waals surface area contributed by atoms with E-state index in [2.05, 4.69) is 11.6 Å². The predicted molar refractivity (Wildman–Crippen MR) is 85.4 cm³/mol. The monoisotopic (exact) mass is 315 g/mol. The van der Waals surface area contributed by atoms with Crippen LogP contribution in [0.2, 0.25) is 0 Å². The van der Waals surface area contributed by atoms with Gasteiger partial charge in [0.2, 0.25) is 5.91 Å². The van der Waals surface area contributed by atoms with Gasteiger partial charge in [0.1, 0.15) is 5.25 Å². The first-order valence-electron chi connectivity index (χ1n) is 6.42. The molecule has 2 atom stereocenters. The molecular weight excluding hydrogens is 302 g/mol. The Bertz CT molecular complexity index is 827. The Hall–Kier alpha value is -2.51. The molecule has 2 unspecified atom stereocenters. The quantitative estimate of drug-likeness (QED) is 0.648. The summed E-state index contributed by atoms with van der Waals surface area (Å²) in [6.45, 7) is 3.62. The average molecular weight is 315 g/mol. The molecule has 1 aliphatic carbocycles.